The fourth-order valence-corrected chi connectivity index (χ4v) is 4.39. The minimum absolute atomic E-state index is 0.337. The Morgan fingerprint density at radius 1 is 0.917 bits per heavy atom. The van der Waals surface area contributed by atoms with E-state index in [0.717, 1.165) is 11.9 Å². The Morgan fingerprint density at radius 3 is 2.58 bits per heavy atom. The molecule has 180 valence electrons. The van der Waals surface area contributed by atoms with Crippen LogP contribution in [0.4, 0.5) is 5.69 Å². The van der Waals surface area contributed by atoms with E-state index >= 15 is 0 Å². The number of nitrogens with one attached hydrogen (secondary N) is 1. The molecule has 2 aromatic heterocycles. The number of benzene rings is 3. The summed E-state index contributed by atoms with van der Waals surface area (Å²) in [5, 5.41) is 4.31. The number of amides is 1. The normalized spacial score (nSPS) is 11.4. The number of aryl methyl sites for hydroxylation is 1. The number of oxazole rings is 1. The molecule has 8 heteroatoms. The minimum Gasteiger partial charge on any atom is -0.457 e. The number of carbonyl (C=O) groups excluding carboxylic acids is 1. The summed E-state index contributed by atoms with van der Waals surface area (Å²) < 4.78 is 11.7. The first-order valence-corrected chi connectivity index (χ1v) is 12.3. The zero-order chi connectivity index (χ0) is 25.2. The highest BCUT2D eigenvalue weighted by molar-refractivity contribution is 6.36. The number of hydrogen-bond donors (Lipinski definition) is 1. The van der Waals surface area contributed by atoms with Gasteiger partial charge in [0.05, 0.1) is 15.6 Å². The molecular formula is C28H19Cl3N2O3. The van der Waals surface area contributed by atoms with Crippen molar-refractivity contribution in [1.29, 1.82) is 0 Å². The summed E-state index contributed by atoms with van der Waals surface area (Å²) in [5.74, 6) is 1.12. The number of anilines is 1. The molecule has 0 radical (unpaired) electrons. The summed E-state index contributed by atoms with van der Waals surface area (Å²) in [6, 6.07) is 19.7. The highest BCUT2D eigenvalue weighted by Crippen LogP contribution is 2.33. The van der Waals surface area contributed by atoms with Gasteiger partial charge in [-0.15, -0.1) is 0 Å². The van der Waals surface area contributed by atoms with Crippen molar-refractivity contribution in [2.75, 3.05) is 5.32 Å². The van der Waals surface area contributed by atoms with Gasteiger partial charge < -0.3 is 14.2 Å². The van der Waals surface area contributed by atoms with Gasteiger partial charge >= 0.3 is 0 Å². The van der Waals surface area contributed by atoms with E-state index in [1.165, 1.54) is 11.6 Å². The molecule has 0 aliphatic carbocycles. The molecule has 2 heterocycles. The molecule has 1 N–H and O–H groups in total. The van der Waals surface area contributed by atoms with Gasteiger partial charge in [-0.25, -0.2) is 4.98 Å². The van der Waals surface area contributed by atoms with Crippen LogP contribution in [0.3, 0.4) is 0 Å². The zero-order valence-electron chi connectivity index (χ0n) is 19.0. The first-order chi connectivity index (χ1) is 17.4. The lowest BCUT2D eigenvalue weighted by molar-refractivity contribution is -0.111. The van der Waals surface area contributed by atoms with Crippen LogP contribution in [-0.4, -0.2) is 10.9 Å². The van der Waals surface area contributed by atoms with E-state index < -0.39 is 0 Å². The maximum Gasteiger partial charge on any atom is 0.248 e. The summed E-state index contributed by atoms with van der Waals surface area (Å²) >= 11 is 18.6. The molecule has 5 rings (SSSR count). The molecule has 0 aliphatic heterocycles. The number of fused-ring (bicyclic) bond motifs is 1. The van der Waals surface area contributed by atoms with E-state index in [-0.39, 0.29) is 5.91 Å². The van der Waals surface area contributed by atoms with Crippen molar-refractivity contribution < 1.29 is 13.6 Å². The molecule has 36 heavy (non-hydrogen) atoms. The second kappa shape index (κ2) is 10.2. The third-order valence-electron chi connectivity index (χ3n) is 5.55. The second-order valence-electron chi connectivity index (χ2n) is 8.02. The van der Waals surface area contributed by atoms with Crippen LogP contribution in [0.2, 0.25) is 15.1 Å². The standard InChI is InChI=1S/C28H19Cl3N2O3/c1-2-16-3-10-26-24(13-16)33-28(36-26)21-15-18(5-9-22(21)30)32-27(34)12-7-19-6-11-25(35-19)20-8-4-17(29)14-23(20)31/h3-15H,2H2,1H3,(H,32,34)/b12-7+. The number of aromatic nitrogens is 1. The molecule has 0 saturated heterocycles. The smallest absolute Gasteiger partial charge is 0.248 e. The monoisotopic (exact) mass is 536 g/mol. The summed E-state index contributed by atoms with van der Waals surface area (Å²) in [6.07, 6.45) is 3.86. The van der Waals surface area contributed by atoms with Crippen LogP contribution in [0, 0.1) is 0 Å². The maximum absolute atomic E-state index is 12.6. The van der Waals surface area contributed by atoms with Gasteiger partial charge in [-0.3, -0.25) is 4.79 Å². The molecule has 0 spiro atoms. The number of nitrogens with zero attached hydrogens (tertiary/aromatic N) is 1. The average Bonchev–Trinajstić information content (AvgIpc) is 3.50. The minimum atomic E-state index is -0.337. The topological polar surface area (TPSA) is 68.3 Å². The molecule has 0 unspecified atom stereocenters. The molecule has 1 amide bonds. The number of rotatable bonds is 6. The highest BCUT2D eigenvalue weighted by atomic mass is 35.5. The predicted molar refractivity (Wildman–Crippen MR) is 146 cm³/mol. The summed E-state index contributed by atoms with van der Waals surface area (Å²) in [6.45, 7) is 2.08. The number of halogens is 3. The van der Waals surface area contributed by atoms with Gasteiger partial charge in [0.1, 0.15) is 17.0 Å². The first kappa shape index (κ1) is 24.2. The van der Waals surface area contributed by atoms with Crippen LogP contribution >= 0.6 is 34.8 Å². The highest BCUT2D eigenvalue weighted by Gasteiger charge is 2.14. The Hall–Kier alpha value is -3.51. The van der Waals surface area contributed by atoms with Gasteiger partial charge in [-0.2, -0.15) is 0 Å². The van der Waals surface area contributed by atoms with E-state index in [4.69, 9.17) is 43.6 Å². The molecule has 0 atom stereocenters. The lowest BCUT2D eigenvalue weighted by atomic mass is 10.1. The van der Waals surface area contributed by atoms with Crippen LogP contribution in [0.25, 0.3) is 40.0 Å². The fraction of sp³-hybridized carbons (Fsp3) is 0.0714. The van der Waals surface area contributed by atoms with Gasteiger partial charge in [-0.05, 0) is 78.7 Å². The Kier molecular flexibility index (Phi) is 6.88. The SMILES string of the molecule is CCc1ccc2oc(-c3cc(NC(=O)/C=C/c4ccc(-c5ccc(Cl)cc5Cl)o4)ccc3Cl)nc2c1. The van der Waals surface area contributed by atoms with Gasteiger partial charge in [0.2, 0.25) is 11.8 Å². The second-order valence-corrected chi connectivity index (χ2v) is 9.27. The Balaban J connectivity index is 1.31. The van der Waals surface area contributed by atoms with Crippen molar-refractivity contribution in [3.63, 3.8) is 0 Å². The quantitative estimate of drug-likeness (QED) is 0.220. The molecule has 0 aliphatic rings. The van der Waals surface area contributed by atoms with E-state index in [2.05, 4.69) is 17.2 Å². The zero-order valence-corrected chi connectivity index (χ0v) is 21.3. The van der Waals surface area contributed by atoms with Crippen LogP contribution in [0.5, 0.6) is 0 Å². The van der Waals surface area contributed by atoms with Crippen molar-refractivity contribution in [3.05, 3.63) is 99.2 Å². The summed E-state index contributed by atoms with van der Waals surface area (Å²) in [7, 11) is 0. The average molecular weight is 538 g/mol. The summed E-state index contributed by atoms with van der Waals surface area (Å²) in [5.41, 5.74) is 4.45. The van der Waals surface area contributed by atoms with Gasteiger partial charge in [0, 0.05) is 22.3 Å². The lowest BCUT2D eigenvalue weighted by Gasteiger charge is -2.05. The van der Waals surface area contributed by atoms with Crippen LogP contribution in [0.15, 0.2) is 81.6 Å². The van der Waals surface area contributed by atoms with Crippen LogP contribution in [-0.2, 0) is 11.2 Å². The fourth-order valence-electron chi connectivity index (χ4n) is 3.69. The van der Waals surface area contributed by atoms with Crippen molar-refractivity contribution >= 4 is 63.6 Å². The Morgan fingerprint density at radius 2 is 1.78 bits per heavy atom. The molecule has 0 bridgehead atoms. The lowest BCUT2D eigenvalue weighted by Crippen LogP contribution is -2.07. The van der Waals surface area contributed by atoms with E-state index in [1.807, 2.05) is 18.2 Å². The number of hydrogen-bond acceptors (Lipinski definition) is 4. The van der Waals surface area contributed by atoms with Crippen molar-refractivity contribution in [2.24, 2.45) is 0 Å². The first-order valence-electron chi connectivity index (χ1n) is 11.1. The van der Waals surface area contributed by atoms with Crippen molar-refractivity contribution in [2.45, 2.75) is 13.3 Å². The molecule has 0 saturated carbocycles. The predicted octanol–water partition coefficient (Wildman–Crippen LogP) is 8.93. The largest absolute Gasteiger partial charge is 0.457 e. The Bertz CT molecular complexity index is 1620. The maximum atomic E-state index is 12.6. The molecule has 5 aromatic rings. The number of furan rings is 1. The van der Waals surface area contributed by atoms with Gasteiger partial charge in [0.25, 0.3) is 0 Å². The van der Waals surface area contributed by atoms with E-state index in [0.29, 0.717) is 54.9 Å². The van der Waals surface area contributed by atoms with Crippen LogP contribution in [0.1, 0.15) is 18.2 Å². The summed E-state index contributed by atoms with van der Waals surface area (Å²) in [4.78, 5) is 17.1. The molecule has 5 nitrogen and oxygen atoms in total. The van der Waals surface area contributed by atoms with E-state index in [9.17, 15) is 4.79 Å². The number of carbonyl (C=O) groups is 1. The van der Waals surface area contributed by atoms with Gasteiger partial charge in [0.15, 0.2) is 5.58 Å². The van der Waals surface area contributed by atoms with Crippen molar-refractivity contribution in [3.8, 4) is 22.8 Å². The van der Waals surface area contributed by atoms with Gasteiger partial charge in [-0.1, -0.05) is 47.8 Å². The molecular weight excluding hydrogens is 519 g/mol. The third kappa shape index (κ3) is 5.19. The molecule has 3 aromatic carbocycles. The molecule has 0 fully saturated rings. The van der Waals surface area contributed by atoms with Crippen LogP contribution < -0.4 is 5.32 Å². The Labute approximate surface area is 222 Å². The van der Waals surface area contributed by atoms with E-state index in [1.54, 1.807) is 54.6 Å². The van der Waals surface area contributed by atoms with Crippen molar-refractivity contribution in [1.82, 2.24) is 4.98 Å². The third-order valence-corrected chi connectivity index (χ3v) is 6.42.